The Kier molecular flexibility index (Phi) is 2.02. The normalized spacial score (nSPS) is 9.09. The summed E-state index contributed by atoms with van der Waals surface area (Å²) in [5.74, 6) is 0.382. The Bertz CT molecular complexity index is 308. The minimum Gasteiger partial charge on any atom is -0.273 e. The summed E-state index contributed by atoms with van der Waals surface area (Å²) in [6.07, 6.45) is 2.98. The molecule has 0 unspecified atom stereocenters. The maximum Gasteiger partial charge on any atom is 0.246 e. The number of hydrogen-bond acceptors (Lipinski definition) is 3. The molecule has 0 aliphatic rings. The average molecular weight is 149 g/mol. The van der Waals surface area contributed by atoms with E-state index in [1.165, 1.54) is 10.8 Å². The second-order valence-electron chi connectivity index (χ2n) is 2.07. The molecule has 0 bridgehead atoms. The number of aryl methyl sites for hydroxylation is 1. The Morgan fingerprint density at radius 3 is 3.09 bits per heavy atom. The Morgan fingerprint density at radius 2 is 2.64 bits per heavy atom. The second-order valence-corrected chi connectivity index (χ2v) is 2.07. The second kappa shape index (κ2) is 2.97. The van der Waals surface area contributed by atoms with E-state index in [4.69, 9.17) is 5.26 Å². The maximum absolute atomic E-state index is 11.0. The van der Waals surface area contributed by atoms with Crippen LogP contribution in [0.3, 0.4) is 0 Å². The molecule has 11 heavy (non-hydrogen) atoms. The third kappa shape index (κ3) is 1.44. The van der Waals surface area contributed by atoms with Gasteiger partial charge in [0.05, 0.1) is 6.07 Å². The molecular weight excluding hydrogens is 142 g/mol. The van der Waals surface area contributed by atoms with Crippen molar-refractivity contribution >= 4 is 5.91 Å². The highest BCUT2D eigenvalue weighted by molar-refractivity contribution is 5.81. The highest BCUT2D eigenvalue weighted by atomic mass is 16.2. The Hall–Kier alpha value is -1.63. The van der Waals surface area contributed by atoms with E-state index in [9.17, 15) is 4.79 Å². The van der Waals surface area contributed by atoms with Crippen LogP contribution in [0.25, 0.3) is 0 Å². The maximum atomic E-state index is 11.0. The minimum atomic E-state index is -0.234. The number of carbonyl (C=O) groups is 1. The van der Waals surface area contributed by atoms with Crippen LogP contribution in [-0.4, -0.2) is 15.5 Å². The molecule has 4 nitrogen and oxygen atoms in total. The number of rotatable bonds is 1. The fourth-order valence-corrected chi connectivity index (χ4v) is 0.794. The largest absolute Gasteiger partial charge is 0.273 e. The number of nitrogens with zero attached hydrogens (tertiary/aromatic N) is 3. The first-order valence-electron chi connectivity index (χ1n) is 3.16. The number of imidazole rings is 1. The summed E-state index contributed by atoms with van der Waals surface area (Å²) in [6, 6.07) is 1.78. The monoisotopic (exact) mass is 149 g/mol. The van der Waals surface area contributed by atoms with Crippen molar-refractivity contribution in [1.29, 1.82) is 5.26 Å². The summed E-state index contributed by atoms with van der Waals surface area (Å²) in [5, 5.41) is 8.22. The summed E-state index contributed by atoms with van der Waals surface area (Å²) in [7, 11) is 0. The van der Waals surface area contributed by atoms with Gasteiger partial charge in [0.1, 0.15) is 12.2 Å². The van der Waals surface area contributed by atoms with E-state index >= 15 is 0 Å². The van der Waals surface area contributed by atoms with Gasteiger partial charge in [-0.2, -0.15) is 5.26 Å². The summed E-state index contributed by atoms with van der Waals surface area (Å²) < 4.78 is 1.36. The lowest BCUT2D eigenvalue weighted by molar-refractivity contribution is 0.0917. The van der Waals surface area contributed by atoms with Crippen molar-refractivity contribution in [2.75, 3.05) is 0 Å². The van der Waals surface area contributed by atoms with E-state index in [0.29, 0.717) is 5.82 Å². The topological polar surface area (TPSA) is 58.7 Å². The standard InChI is InChI=1S/C7H7N3O/c1-6-9-4-5-10(6)7(11)2-3-8/h4-5H,2H2,1H3. The van der Waals surface area contributed by atoms with E-state index in [0.717, 1.165) is 0 Å². The third-order valence-corrected chi connectivity index (χ3v) is 1.32. The van der Waals surface area contributed by atoms with Gasteiger partial charge in [-0.05, 0) is 6.92 Å². The molecule has 0 fully saturated rings. The van der Waals surface area contributed by atoms with Crippen molar-refractivity contribution < 1.29 is 4.79 Å². The van der Waals surface area contributed by atoms with Gasteiger partial charge in [0.2, 0.25) is 5.91 Å². The molecule has 0 aliphatic heterocycles. The fourth-order valence-electron chi connectivity index (χ4n) is 0.794. The van der Waals surface area contributed by atoms with Crippen molar-refractivity contribution in [3.63, 3.8) is 0 Å². The van der Waals surface area contributed by atoms with Crippen molar-refractivity contribution in [1.82, 2.24) is 9.55 Å². The molecule has 0 amide bonds. The van der Waals surface area contributed by atoms with Gasteiger partial charge in [-0.25, -0.2) is 4.98 Å². The predicted octanol–water partition coefficient (Wildman–Crippen LogP) is 0.745. The Labute approximate surface area is 64.1 Å². The van der Waals surface area contributed by atoms with Crippen LogP contribution in [0.2, 0.25) is 0 Å². The first-order chi connectivity index (χ1) is 5.25. The summed E-state index contributed by atoms with van der Waals surface area (Å²) in [6.45, 7) is 1.72. The number of aromatic nitrogens is 2. The minimum absolute atomic E-state index is 0.100. The van der Waals surface area contributed by atoms with Gasteiger partial charge in [-0.15, -0.1) is 0 Å². The quantitative estimate of drug-likeness (QED) is 0.591. The first kappa shape index (κ1) is 7.48. The van der Waals surface area contributed by atoms with Gasteiger partial charge in [-0.1, -0.05) is 0 Å². The lowest BCUT2D eigenvalue weighted by Gasteiger charge is -1.96. The zero-order chi connectivity index (χ0) is 8.27. The molecule has 0 saturated carbocycles. The molecule has 1 heterocycles. The average Bonchev–Trinajstić information content (AvgIpc) is 2.36. The van der Waals surface area contributed by atoms with Gasteiger partial charge >= 0.3 is 0 Å². The van der Waals surface area contributed by atoms with Gasteiger partial charge in [0.25, 0.3) is 0 Å². The molecule has 0 N–H and O–H groups in total. The van der Waals surface area contributed by atoms with Gasteiger partial charge < -0.3 is 0 Å². The van der Waals surface area contributed by atoms with Crippen molar-refractivity contribution in [3.8, 4) is 6.07 Å². The van der Waals surface area contributed by atoms with E-state index in [1.807, 2.05) is 0 Å². The molecule has 0 aromatic carbocycles. The molecule has 0 spiro atoms. The fraction of sp³-hybridized carbons (Fsp3) is 0.286. The highest BCUT2D eigenvalue weighted by Crippen LogP contribution is 1.96. The van der Waals surface area contributed by atoms with E-state index < -0.39 is 0 Å². The van der Waals surface area contributed by atoms with Gasteiger partial charge in [-0.3, -0.25) is 9.36 Å². The summed E-state index contributed by atoms with van der Waals surface area (Å²) in [5.41, 5.74) is 0. The van der Waals surface area contributed by atoms with E-state index in [1.54, 1.807) is 19.2 Å². The SMILES string of the molecule is Cc1nccn1C(=O)CC#N. The number of carbonyl (C=O) groups excluding carboxylic acids is 1. The number of hydrogen-bond donors (Lipinski definition) is 0. The van der Waals surface area contributed by atoms with Crippen molar-refractivity contribution in [2.24, 2.45) is 0 Å². The van der Waals surface area contributed by atoms with Crippen LogP contribution in [-0.2, 0) is 0 Å². The molecular formula is C7H7N3O. The van der Waals surface area contributed by atoms with Crippen LogP contribution < -0.4 is 0 Å². The molecule has 1 aromatic heterocycles. The molecule has 0 radical (unpaired) electrons. The van der Waals surface area contributed by atoms with Crippen LogP contribution in [0.4, 0.5) is 0 Å². The van der Waals surface area contributed by atoms with Crippen LogP contribution in [0.1, 0.15) is 17.0 Å². The molecule has 4 heteroatoms. The Morgan fingerprint density at radius 1 is 1.91 bits per heavy atom. The van der Waals surface area contributed by atoms with Crippen molar-refractivity contribution in [2.45, 2.75) is 13.3 Å². The molecule has 0 saturated heterocycles. The number of nitriles is 1. The molecule has 1 rings (SSSR count). The zero-order valence-corrected chi connectivity index (χ0v) is 6.11. The van der Waals surface area contributed by atoms with Crippen LogP contribution in [0.5, 0.6) is 0 Å². The zero-order valence-electron chi connectivity index (χ0n) is 6.11. The molecule has 1 aromatic rings. The van der Waals surface area contributed by atoms with Crippen LogP contribution in [0.15, 0.2) is 12.4 Å². The highest BCUT2D eigenvalue weighted by Gasteiger charge is 2.05. The molecule has 0 atom stereocenters. The van der Waals surface area contributed by atoms with E-state index in [2.05, 4.69) is 4.98 Å². The summed E-state index contributed by atoms with van der Waals surface area (Å²) in [4.78, 5) is 14.9. The lowest BCUT2D eigenvalue weighted by atomic mass is 10.4. The first-order valence-corrected chi connectivity index (χ1v) is 3.16. The smallest absolute Gasteiger partial charge is 0.246 e. The third-order valence-electron chi connectivity index (χ3n) is 1.32. The van der Waals surface area contributed by atoms with Gasteiger partial charge in [0, 0.05) is 12.4 Å². The predicted molar refractivity (Wildman–Crippen MR) is 37.8 cm³/mol. The van der Waals surface area contributed by atoms with Crippen molar-refractivity contribution in [3.05, 3.63) is 18.2 Å². The van der Waals surface area contributed by atoms with Gasteiger partial charge in [0.15, 0.2) is 0 Å². The lowest BCUT2D eigenvalue weighted by Crippen LogP contribution is -2.09. The summed E-state index contributed by atoms with van der Waals surface area (Å²) >= 11 is 0. The molecule has 0 aliphatic carbocycles. The van der Waals surface area contributed by atoms with E-state index in [-0.39, 0.29) is 12.3 Å². The van der Waals surface area contributed by atoms with Crippen LogP contribution >= 0.6 is 0 Å². The molecule has 56 valence electrons. The Balaban J connectivity index is 2.86. The van der Waals surface area contributed by atoms with Crippen LogP contribution in [0, 0.1) is 18.3 Å².